The summed E-state index contributed by atoms with van der Waals surface area (Å²) >= 11 is 6.22. The molecule has 1 aromatic heterocycles. The van der Waals surface area contributed by atoms with Crippen molar-refractivity contribution in [3.8, 4) is 0 Å². The molecule has 0 aliphatic heterocycles. The molecule has 1 aromatic carbocycles. The van der Waals surface area contributed by atoms with Crippen LogP contribution >= 0.6 is 11.6 Å². The van der Waals surface area contributed by atoms with Gasteiger partial charge in [-0.15, -0.1) is 0 Å². The van der Waals surface area contributed by atoms with E-state index >= 15 is 0 Å². The lowest BCUT2D eigenvalue weighted by Gasteiger charge is -2.16. The Morgan fingerprint density at radius 3 is 2.79 bits per heavy atom. The van der Waals surface area contributed by atoms with E-state index in [0.717, 1.165) is 25.1 Å². The lowest BCUT2D eigenvalue weighted by molar-refractivity contribution is 0.537. The molecular formula is C15H20ClN3. The Labute approximate surface area is 119 Å². The third-order valence-electron chi connectivity index (χ3n) is 3.32. The van der Waals surface area contributed by atoms with E-state index in [-0.39, 0.29) is 6.04 Å². The fraction of sp³-hybridized carbons (Fsp3) is 0.400. The van der Waals surface area contributed by atoms with E-state index in [1.807, 2.05) is 16.8 Å². The van der Waals surface area contributed by atoms with E-state index < -0.39 is 0 Å². The molecule has 3 nitrogen and oxygen atoms in total. The Morgan fingerprint density at radius 1 is 1.37 bits per heavy atom. The summed E-state index contributed by atoms with van der Waals surface area (Å²) in [5.41, 5.74) is 9.78. The highest BCUT2D eigenvalue weighted by atomic mass is 35.5. The number of rotatable bonds is 5. The molecule has 0 saturated carbocycles. The molecule has 0 saturated heterocycles. The summed E-state index contributed by atoms with van der Waals surface area (Å²) in [5.74, 6) is 0. The molecule has 0 aliphatic carbocycles. The Morgan fingerprint density at radius 2 is 2.11 bits per heavy atom. The Kier molecular flexibility index (Phi) is 4.61. The summed E-state index contributed by atoms with van der Waals surface area (Å²) in [4.78, 5) is 0. The number of hydrogen-bond donors (Lipinski definition) is 1. The van der Waals surface area contributed by atoms with Crippen molar-refractivity contribution in [1.82, 2.24) is 9.78 Å². The van der Waals surface area contributed by atoms with Crippen molar-refractivity contribution < 1.29 is 0 Å². The van der Waals surface area contributed by atoms with Gasteiger partial charge in [0.25, 0.3) is 0 Å². The smallest absolute Gasteiger partial charge is 0.0834 e. The fourth-order valence-corrected chi connectivity index (χ4v) is 2.58. The first-order chi connectivity index (χ1) is 9.13. The van der Waals surface area contributed by atoms with Crippen molar-refractivity contribution in [2.75, 3.05) is 0 Å². The Bertz CT molecular complexity index is 548. The number of halogens is 1. The van der Waals surface area contributed by atoms with Crippen molar-refractivity contribution in [3.63, 3.8) is 0 Å². The van der Waals surface area contributed by atoms with Crippen LogP contribution in [0.1, 0.15) is 36.2 Å². The monoisotopic (exact) mass is 277 g/mol. The molecule has 1 heterocycles. The van der Waals surface area contributed by atoms with Crippen LogP contribution in [0.5, 0.6) is 0 Å². The van der Waals surface area contributed by atoms with Gasteiger partial charge < -0.3 is 5.73 Å². The maximum atomic E-state index is 6.33. The van der Waals surface area contributed by atoms with Crippen LogP contribution in [0.15, 0.2) is 30.5 Å². The predicted molar refractivity (Wildman–Crippen MR) is 79.3 cm³/mol. The number of hydrogen-bond acceptors (Lipinski definition) is 2. The van der Waals surface area contributed by atoms with Crippen molar-refractivity contribution in [1.29, 1.82) is 0 Å². The average molecular weight is 278 g/mol. The minimum atomic E-state index is -0.123. The van der Waals surface area contributed by atoms with Gasteiger partial charge in [-0.3, -0.25) is 4.68 Å². The van der Waals surface area contributed by atoms with Gasteiger partial charge in [-0.05, 0) is 30.9 Å². The van der Waals surface area contributed by atoms with E-state index in [4.69, 9.17) is 17.3 Å². The lowest BCUT2D eigenvalue weighted by Crippen LogP contribution is -2.19. The zero-order chi connectivity index (χ0) is 13.8. The third kappa shape index (κ3) is 3.17. The number of aromatic nitrogens is 2. The molecule has 1 atom stereocenters. The van der Waals surface area contributed by atoms with Gasteiger partial charge in [0.1, 0.15) is 0 Å². The summed E-state index contributed by atoms with van der Waals surface area (Å²) in [6, 6.07) is 8.18. The van der Waals surface area contributed by atoms with Crippen molar-refractivity contribution >= 4 is 11.6 Å². The minimum Gasteiger partial charge on any atom is -0.322 e. The largest absolute Gasteiger partial charge is 0.322 e. The van der Waals surface area contributed by atoms with Crippen LogP contribution in [0.3, 0.4) is 0 Å². The third-order valence-corrected chi connectivity index (χ3v) is 3.61. The minimum absolute atomic E-state index is 0.123. The van der Waals surface area contributed by atoms with Gasteiger partial charge in [0.15, 0.2) is 0 Å². The maximum Gasteiger partial charge on any atom is 0.0834 e. The zero-order valence-electron chi connectivity index (χ0n) is 11.4. The zero-order valence-corrected chi connectivity index (χ0v) is 12.2. The summed E-state index contributed by atoms with van der Waals surface area (Å²) in [6.07, 6.45) is 3.48. The van der Waals surface area contributed by atoms with Gasteiger partial charge in [0.05, 0.1) is 23.0 Å². The SMILES string of the molecule is CCCn1ncc(Cl)c1C(N)Cc1ccccc1C. The number of nitrogens with zero attached hydrogens (tertiary/aromatic N) is 2. The molecule has 2 aromatic rings. The van der Waals surface area contributed by atoms with Gasteiger partial charge in [0.2, 0.25) is 0 Å². The normalized spacial score (nSPS) is 12.6. The standard InChI is InChI=1S/C15H20ClN3/c1-3-8-19-15(13(16)10-18-19)14(17)9-12-7-5-4-6-11(12)2/h4-7,10,14H,3,8-9,17H2,1-2H3. The lowest BCUT2D eigenvalue weighted by atomic mass is 10.00. The van der Waals surface area contributed by atoms with Crippen molar-refractivity contribution in [3.05, 3.63) is 52.3 Å². The van der Waals surface area contributed by atoms with Crippen molar-refractivity contribution in [2.24, 2.45) is 5.73 Å². The van der Waals surface area contributed by atoms with E-state index in [2.05, 4.69) is 31.1 Å². The molecule has 0 fully saturated rings. The van der Waals surface area contributed by atoms with Crippen LogP contribution < -0.4 is 5.73 Å². The molecule has 19 heavy (non-hydrogen) atoms. The average Bonchev–Trinajstić information content (AvgIpc) is 2.74. The molecule has 1 unspecified atom stereocenters. The van der Waals surface area contributed by atoms with E-state index in [9.17, 15) is 0 Å². The quantitative estimate of drug-likeness (QED) is 0.909. The van der Waals surface area contributed by atoms with Crippen molar-refractivity contribution in [2.45, 2.75) is 39.3 Å². The van der Waals surface area contributed by atoms with Gasteiger partial charge >= 0.3 is 0 Å². The van der Waals surface area contributed by atoms with E-state index in [1.165, 1.54) is 11.1 Å². The first-order valence-electron chi connectivity index (χ1n) is 6.64. The van der Waals surface area contributed by atoms with Crippen LogP contribution in [-0.4, -0.2) is 9.78 Å². The van der Waals surface area contributed by atoms with Crippen LogP contribution in [-0.2, 0) is 13.0 Å². The van der Waals surface area contributed by atoms with E-state index in [1.54, 1.807) is 6.20 Å². The molecule has 0 amide bonds. The van der Waals surface area contributed by atoms with Gasteiger partial charge in [0, 0.05) is 6.54 Å². The molecule has 2 rings (SSSR count). The number of nitrogens with two attached hydrogens (primary N) is 1. The first-order valence-corrected chi connectivity index (χ1v) is 7.02. The molecule has 102 valence electrons. The highest BCUT2D eigenvalue weighted by Crippen LogP contribution is 2.25. The summed E-state index contributed by atoms with van der Waals surface area (Å²) in [6.45, 7) is 5.07. The fourth-order valence-electron chi connectivity index (χ4n) is 2.30. The highest BCUT2D eigenvalue weighted by Gasteiger charge is 2.17. The molecule has 0 radical (unpaired) electrons. The molecule has 4 heteroatoms. The van der Waals surface area contributed by atoms with E-state index in [0.29, 0.717) is 5.02 Å². The van der Waals surface area contributed by atoms with Gasteiger partial charge in [-0.1, -0.05) is 42.8 Å². The molecule has 0 aliphatic rings. The number of aryl methyl sites for hydroxylation is 2. The summed E-state index contributed by atoms with van der Waals surface area (Å²) in [5, 5.41) is 4.96. The molecule has 0 spiro atoms. The Hall–Kier alpha value is -1.32. The van der Waals surface area contributed by atoms with Crippen LogP contribution in [0, 0.1) is 6.92 Å². The number of benzene rings is 1. The van der Waals surface area contributed by atoms with Gasteiger partial charge in [-0.2, -0.15) is 5.10 Å². The van der Waals surface area contributed by atoms with Crippen LogP contribution in [0.2, 0.25) is 5.02 Å². The first kappa shape index (κ1) is 14.1. The second-order valence-electron chi connectivity index (χ2n) is 4.84. The molecular weight excluding hydrogens is 258 g/mol. The maximum absolute atomic E-state index is 6.33. The summed E-state index contributed by atoms with van der Waals surface area (Å²) < 4.78 is 1.92. The molecule has 0 bridgehead atoms. The topological polar surface area (TPSA) is 43.8 Å². The predicted octanol–water partition coefficient (Wildman–Crippen LogP) is 3.50. The second kappa shape index (κ2) is 6.22. The second-order valence-corrected chi connectivity index (χ2v) is 5.25. The van der Waals surface area contributed by atoms with Crippen LogP contribution in [0.4, 0.5) is 0 Å². The Balaban J connectivity index is 2.22. The summed E-state index contributed by atoms with van der Waals surface area (Å²) in [7, 11) is 0. The van der Waals surface area contributed by atoms with Crippen LogP contribution in [0.25, 0.3) is 0 Å². The highest BCUT2D eigenvalue weighted by molar-refractivity contribution is 6.31. The van der Waals surface area contributed by atoms with Gasteiger partial charge in [-0.25, -0.2) is 0 Å². The molecule has 2 N–H and O–H groups in total.